The fourth-order valence-electron chi connectivity index (χ4n) is 5.13. The minimum atomic E-state index is -0.420. The molecule has 0 atom stereocenters. The standard InChI is InChI=1S/C28H32FN3O3/c1-32(2)19-9-7-18(8-10-19)31-27-21-13-20(17-6-11-25(33)26(12-17)35-3)23(29)14-24(21)30-15-22(27)28(34)16-4-5-16/h6,11-16,18-19,33H,4-5,7-10H2,1-3H3,(H,30,31). The number of hydrogen-bond acceptors (Lipinski definition) is 6. The van der Waals surface area contributed by atoms with Crippen molar-refractivity contribution in [2.45, 2.75) is 50.6 Å². The summed E-state index contributed by atoms with van der Waals surface area (Å²) < 4.78 is 20.4. The number of carbonyl (C=O) groups excluding carboxylic acids is 1. The predicted octanol–water partition coefficient (Wildman–Crippen LogP) is 5.63. The summed E-state index contributed by atoms with van der Waals surface area (Å²) in [5, 5.41) is 14.4. The van der Waals surface area contributed by atoms with Crippen LogP contribution in [0, 0.1) is 11.7 Å². The number of phenols is 1. The summed E-state index contributed by atoms with van der Waals surface area (Å²) in [6.45, 7) is 0. The molecule has 35 heavy (non-hydrogen) atoms. The lowest BCUT2D eigenvalue weighted by Gasteiger charge is -2.34. The summed E-state index contributed by atoms with van der Waals surface area (Å²) in [6.07, 6.45) is 7.62. The van der Waals surface area contributed by atoms with Gasteiger partial charge in [-0.05, 0) is 76.4 Å². The number of methoxy groups -OCH3 is 1. The lowest BCUT2D eigenvalue weighted by molar-refractivity contribution is 0.0968. The number of hydrogen-bond donors (Lipinski definition) is 2. The van der Waals surface area contributed by atoms with E-state index in [9.17, 15) is 9.90 Å². The second-order valence-corrected chi connectivity index (χ2v) is 10.0. The Morgan fingerprint density at radius 1 is 1.11 bits per heavy atom. The van der Waals surface area contributed by atoms with E-state index in [1.165, 1.54) is 19.2 Å². The molecular formula is C28H32FN3O3. The molecule has 184 valence electrons. The van der Waals surface area contributed by atoms with Crippen molar-refractivity contribution in [3.8, 4) is 22.6 Å². The number of rotatable bonds is 7. The van der Waals surface area contributed by atoms with Crippen LogP contribution in [0.25, 0.3) is 22.0 Å². The molecule has 0 amide bonds. The van der Waals surface area contributed by atoms with Crippen molar-refractivity contribution in [3.05, 3.63) is 47.9 Å². The maximum atomic E-state index is 15.2. The Hall–Kier alpha value is -3.19. The van der Waals surface area contributed by atoms with Crippen LogP contribution in [-0.4, -0.2) is 54.1 Å². The summed E-state index contributed by atoms with van der Waals surface area (Å²) in [5.41, 5.74) is 2.81. The number of halogens is 1. The Morgan fingerprint density at radius 2 is 1.86 bits per heavy atom. The zero-order valence-electron chi connectivity index (χ0n) is 20.5. The molecule has 2 aliphatic carbocycles. The molecule has 1 heterocycles. The number of phenolic OH excluding ortho intramolecular Hbond substituents is 1. The Bertz CT molecular complexity index is 1260. The van der Waals surface area contributed by atoms with Gasteiger partial charge in [-0.3, -0.25) is 9.78 Å². The van der Waals surface area contributed by atoms with Crippen LogP contribution in [0.3, 0.4) is 0 Å². The molecule has 6 nitrogen and oxygen atoms in total. The van der Waals surface area contributed by atoms with E-state index in [1.807, 2.05) is 0 Å². The number of aromatic hydroxyl groups is 1. The highest BCUT2D eigenvalue weighted by Crippen LogP contribution is 2.40. The molecular weight excluding hydrogens is 445 g/mol. The van der Waals surface area contributed by atoms with E-state index in [2.05, 4.69) is 29.3 Å². The largest absolute Gasteiger partial charge is 0.504 e. The second-order valence-electron chi connectivity index (χ2n) is 10.0. The normalized spacial score (nSPS) is 20.3. The van der Waals surface area contributed by atoms with Gasteiger partial charge in [0.25, 0.3) is 0 Å². The van der Waals surface area contributed by atoms with E-state index in [1.54, 1.807) is 24.4 Å². The Kier molecular flexibility index (Phi) is 6.36. The molecule has 0 radical (unpaired) electrons. The van der Waals surface area contributed by atoms with Crippen LogP contribution in [0.2, 0.25) is 0 Å². The number of carbonyl (C=O) groups is 1. The molecule has 2 N–H and O–H groups in total. The number of fused-ring (bicyclic) bond motifs is 1. The number of anilines is 1. The fraction of sp³-hybridized carbons (Fsp3) is 0.429. The van der Waals surface area contributed by atoms with Crippen molar-refractivity contribution in [1.82, 2.24) is 9.88 Å². The highest BCUT2D eigenvalue weighted by Gasteiger charge is 2.33. The first-order valence-electron chi connectivity index (χ1n) is 12.3. The van der Waals surface area contributed by atoms with E-state index >= 15 is 4.39 Å². The van der Waals surface area contributed by atoms with E-state index < -0.39 is 5.82 Å². The molecule has 2 saturated carbocycles. The van der Waals surface area contributed by atoms with Crippen molar-refractivity contribution in [1.29, 1.82) is 0 Å². The van der Waals surface area contributed by atoms with Crippen molar-refractivity contribution in [2.75, 3.05) is 26.5 Å². The SMILES string of the molecule is COc1cc(-c2cc3c(NC4CCC(N(C)C)CC4)c(C(=O)C4CC4)cnc3cc2F)ccc1O. The highest BCUT2D eigenvalue weighted by atomic mass is 19.1. The fourth-order valence-corrected chi connectivity index (χ4v) is 5.13. The van der Waals surface area contributed by atoms with E-state index in [0.29, 0.717) is 28.2 Å². The number of pyridine rings is 1. The van der Waals surface area contributed by atoms with Gasteiger partial charge >= 0.3 is 0 Å². The number of nitrogens with one attached hydrogen (secondary N) is 1. The molecule has 2 aromatic carbocycles. The molecule has 5 rings (SSSR count). The van der Waals surface area contributed by atoms with E-state index in [-0.39, 0.29) is 29.2 Å². The maximum Gasteiger partial charge on any atom is 0.169 e. The van der Waals surface area contributed by atoms with Gasteiger partial charge in [-0.25, -0.2) is 4.39 Å². The lowest BCUT2D eigenvalue weighted by Crippen LogP contribution is -2.36. The van der Waals surface area contributed by atoms with Gasteiger partial charge in [0.15, 0.2) is 17.3 Å². The number of ketones is 1. The summed E-state index contributed by atoms with van der Waals surface area (Å²) in [5.74, 6) is 0.0129. The van der Waals surface area contributed by atoms with Crippen molar-refractivity contribution >= 4 is 22.4 Å². The van der Waals surface area contributed by atoms with Crippen LogP contribution in [0.5, 0.6) is 11.5 Å². The highest BCUT2D eigenvalue weighted by molar-refractivity contribution is 6.10. The zero-order valence-corrected chi connectivity index (χ0v) is 20.5. The molecule has 1 aromatic heterocycles. The Balaban J connectivity index is 1.59. The first-order chi connectivity index (χ1) is 16.9. The second kappa shape index (κ2) is 9.46. The predicted molar refractivity (Wildman–Crippen MR) is 136 cm³/mol. The minimum Gasteiger partial charge on any atom is -0.504 e. The quantitative estimate of drug-likeness (QED) is 0.430. The average Bonchev–Trinajstić information content (AvgIpc) is 3.70. The van der Waals surface area contributed by atoms with Crippen molar-refractivity contribution < 1.29 is 19.0 Å². The number of Topliss-reactive ketones (excluding diaryl/α,β-unsaturated/α-hetero) is 1. The number of ether oxygens (including phenoxy) is 1. The maximum absolute atomic E-state index is 15.2. The first-order valence-corrected chi connectivity index (χ1v) is 12.3. The summed E-state index contributed by atoms with van der Waals surface area (Å²) in [7, 11) is 5.70. The molecule has 0 aliphatic heterocycles. The molecule has 2 fully saturated rings. The molecule has 7 heteroatoms. The molecule has 3 aromatic rings. The Morgan fingerprint density at radius 3 is 2.51 bits per heavy atom. The third kappa shape index (κ3) is 4.69. The van der Waals surface area contributed by atoms with Crippen LogP contribution < -0.4 is 10.1 Å². The van der Waals surface area contributed by atoms with Crippen LogP contribution in [0.15, 0.2) is 36.5 Å². The van der Waals surface area contributed by atoms with Crippen LogP contribution in [0.1, 0.15) is 48.9 Å². The summed E-state index contributed by atoms with van der Waals surface area (Å²) in [6, 6.07) is 8.76. The number of nitrogens with zero attached hydrogens (tertiary/aromatic N) is 2. The Labute approximate surface area is 205 Å². The van der Waals surface area contributed by atoms with Crippen molar-refractivity contribution in [3.63, 3.8) is 0 Å². The van der Waals surface area contributed by atoms with E-state index in [0.717, 1.165) is 49.6 Å². The topological polar surface area (TPSA) is 74.7 Å². The van der Waals surface area contributed by atoms with Gasteiger partial charge in [-0.2, -0.15) is 0 Å². The lowest BCUT2D eigenvalue weighted by atomic mass is 9.89. The molecule has 0 saturated heterocycles. The molecule has 0 spiro atoms. The monoisotopic (exact) mass is 477 g/mol. The van der Waals surface area contributed by atoms with Gasteiger partial charge in [0.05, 0.1) is 23.9 Å². The van der Waals surface area contributed by atoms with E-state index in [4.69, 9.17) is 4.74 Å². The van der Waals surface area contributed by atoms with Crippen molar-refractivity contribution in [2.24, 2.45) is 5.92 Å². The van der Waals surface area contributed by atoms with Crippen LogP contribution in [-0.2, 0) is 0 Å². The number of aromatic nitrogens is 1. The minimum absolute atomic E-state index is 0.00730. The zero-order chi connectivity index (χ0) is 24.7. The van der Waals surface area contributed by atoms with Gasteiger partial charge in [0.1, 0.15) is 5.82 Å². The van der Waals surface area contributed by atoms with Gasteiger partial charge in [0.2, 0.25) is 0 Å². The van der Waals surface area contributed by atoms with Crippen LogP contribution >= 0.6 is 0 Å². The third-order valence-electron chi connectivity index (χ3n) is 7.44. The molecule has 0 unspecified atom stereocenters. The summed E-state index contributed by atoms with van der Waals surface area (Å²) >= 11 is 0. The molecule has 2 aliphatic rings. The van der Waals surface area contributed by atoms with Gasteiger partial charge in [-0.15, -0.1) is 0 Å². The van der Waals surface area contributed by atoms with Crippen LogP contribution in [0.4, 0.5) is 10.1 Å². The number of benzene rings is 2. The molecule has 0 bridgehead atoms. The van der Waals surface area contributed by atoms with Gasteiger partial charge in [0, 0.05) is 41.2 Å². The summed E-state index contributed by atoms with van der Waals surface area (Å²) in [4.78, 5) is 19.9. The average molecular weight is 478 g/mol. The van der Waals surface area contributed by atoms with Gasteiger partial charge < -0.3 is 20.1 Å². The first kappa shape index (κ1) is 23.5. The van der Waals surface area contributed by atoms with Gasteiger partial charge in [-0.1, -0.05) is 6.07 Å². The third-order valence-corrected chi connectivity index (χ3v) is 7.44. The smallest absolute Gasteiger partial charge is 0.169 e.